The van der Waals surface area contributed by atoms with Crippen LogP contribution in [0.15, 0.2) is 59.0 Å². The molecule has 6 rings (SSSR count). The smallest absolute Gasteiger partial charge is 0.251 e. The van der Waals surface area contributed by atoms with Crippen LogP contribution in [0.3, 0.4) is 0 Å². The van der Waals surface area contributed by atoms with Gasteiger partial charge in [-0.1, -0.05) is 12.1 Å². The standard InChI is InChI=1S/C29H29FN6O6/c1-18-4-10-24(42-18)28-32-34-35(33-28)17-26(37)36(21-9-11-23-25(15-21)41-14-13-40-23)27(19-5-7-20(30)8-6-19)29(38)31-16-22-3-2-12-39-22/h4-11,15,22,27H,2-3,12-14,16-17H2,1H3,(H,31,38)/t22-,27-/m0/s1. The van der Waals surface area contributed by atoms with Crippen LogP contribution >= 0.6 is 0 Å². The van der Waals surface area contributed by atoms with Gasteiger partial charge in [0.2, 0.25) is 11.7 Å². The first kappa shape index (κ1) is 27.4. The number of carbonyl (C=O) groups excluding carboxylic acids is 2. The molecule has 2 aromatic heterocycles. The Bertz CT molecular complexity index is 1560. The van der Waals surface area contributed by atoms with Crippen LogP contribution in [0.1, 0.15) is 30.2 Å². The highest BCUT2D eigenvalue weighted by atomic mass is 19.1. The van der Waals surface area contributed by atoms with Crippen molar-refractivity contribution in [1.29, 1.82) is 0 Å². The van der Waals surface area contributed by atoms with Crippen LogP contribution in [0.2, 0.25) is 0 Å². The monoisotopic (exact) mass is 576 g/mol. The van der Waals surface area contributed by atoms with Crippen LogP contribution in [-0.4, -0.2) is 64.5 Å². The molecule has 2 aliphatic heterocycles. The van der Waals surface area contributed by atoms with Gasteiger partial charge in [-0.05, 0) is 66.9 Å². The molecule has 2 aliphatic rings. The Morgan fingerprint density at radius 3 is 2.62 bits per heavy atom. The van der Waals surface area contributed by atoms with Crippen LogP contribution < -0.4 is 19.7 Å². The second-order valence-electron chi connectivity index (χ2n) is 9.98. The molecule has 4 aromatic rings. The summed E-state index contributed by atoms with van der Waals surface area (Å²) in [6.45, 7) is 3.09. The molecule has 0 spiro atoms. The van der Waals surface area contributed by atoms with Crippen molar-refractivity contribution in [3.8, 4) is 23.1 Å². The molecule has 1 saturated heterocycles. The number of halogens is 1. The minimum atomic E-state index is -1.17. The Morgan fingerprint density at radius 2 is 1.88 bits per heavy atom. The number of ether oxygens (including phenoxy) is 3. The molecule has 2 aromatic carbocycles. The summed E-state index contributed by atoms with van der Waals surface area (Å²) in [6, 6.07) is 12.8. The maximum Gasteiger partial charge on any atom is 0.251 e. The van der Waals surface area contributed by atoms with Gasteiger partial charge in [-0.25, -0.2) is 4.39 Å². The van der Waals surface area contributed by atoms with Crippen LogP contribution in [-0.2, 0) is 20.9 Å². The molecule has 12 nitrogen and oxygen atoms in total. The third-order valence-electron chi connectivity index (χ3n) is 6.98. The lowest BCUT2D eigenvalue weighted by atomic mass is 10.0. The number of carbonyl (C=O) groups is 2. The van der Waals surface area contributed by atoms with E-state index in [-0.39, 0.29) is 25.0 Å². The van der Waals surface area contributed by atoms with Gasteiger partial charge in [-0.15, -0.1) is 10.2 Å². The first-order valence-corrected chi connectivity index (χ1v) is 13.7. The fourth-order valence-corrected chi connectivity index (χ4v) is 4.96. The van der Waals surface area contributed by atoms with Gasteiger partial charge in [0.05, 0.1) is 6.10 Å². The Hall–Kier alpha value is -4.78. The highest BCUT2D eigenvalue weighted by Gasteiger charge is 2.35. The van der Waals surface area contributed by atoms with Crippen LogP contribution in [0.25, 0.3) is 11.6 Å². The summed E-state index contributed by atoms with van der Waals surface area (Å²) >= 11 is 0. The topological polar surface area (TPSA) is 134 Å². The van der Waals surface area contributed by atoms with Gasteiger partial charge < -0.3 is 23.9 Å². The molecule has 2 amide bonds. The predicted molar refractivity (Wildman–Crippen MR) is 146 cm³/mol. The van der Waals surface area contributed by atoms with Gasteiger partial charge >= 0.3 is 0 Å². The van der Waals surface area contributed by atoms with E-state index in [0.717, 1.165) is 17.6 Å². The number of hydrogen-bond acceptors (Lipinski definition) is 9. The second-order valence-corrected chi connectivity index (χ2v) is 9.98. The van der Waals surface area contributed by atoms with Crippen molar-refractivity contribution < 1.29 is 32.6 Å². The van der Waals surface area contributed by atoms with Crippen molar-refractivity contribution in [2.24, 2.45) is 0 Å². The Balaban J connectivity index is 1.36. The molecule has 0 radical (unpaired) electrons. The normalized spacial score (nSPS) is 16.7. The van der Waals surface area contributed by atoms with Crippen LogP contribution in [0.5, 0.6) is 11.5 Å². The molecule has 42 heavy (non-hydrogen) atoms. The highest BCUT2D eigenvalue weighted by molar-refractivity contribution is 6.01. The number of fused-ring (bicyclic) bond motifs is 1. The van der Waals surface area contributed by atoms with Crippen molar-refractivity contribution in [3.63, 3.8) is 0 Å². The molecule has 1 fully saturated rings. The second kappa shape index (κ2) is 12.0. The first-order chi connectivity index (χ1) is 20.4. The third kappa shape index (κ3) is 5.96. The fourth-order valence-electron chi connectivity index (χ4n) is 4.96. The molecule has 1 N–H and O–H groups in total. The van der Waals surface area contributed by atoms with Gasteiger partial charge in [-0.3, -0.25) is 14.5 Å². The van der Waals surface area contributed by atoms with Crippen molar-refractivity contribution in [2.45, 2.75) is 38.5 Å². The minimum absolute atomic E-state index is 0.121. The number of furan rings is 1. The van der Waals surface area contributed by atoms with Gasteiger partial charge in [0.15, 0.2) is 17.3 Å². The minimum Gasteiger partial charge on any atom is -0.486 e. The zero-order chi connectivity index (χ0) is 29.1. The van der Waals surface area contributed by atoms with E-state index in [9.17, 15) is 14.0 Å². The lowest BCUT2D eigenvalue weighted by Gasteiger charge is -2.32. The molecule has 0 saturated carbocycles. The van der Waals surface area contributed by atoms with Gasteiger partial charge in [-0.2, -0.15) is 4.80 Å². The van der Waals surface area contributed by atoms with E-state index in [4.69, 9.17) is 18.6 Å². The van der Waals surface area contributed by atoms with Gasteiger partial charge in [0.25, 0.3) is 5.91 Å². The van der Waals surface area contributed by atoms with Crippen molar-refractivity contribution >= 4 is 17.5 Å². The van der Waals surface area contributed by atoms with Crippen LogP contribution in [0.4, 0.5) is 10.1 Å². The number of rotatable bonds is 9. The van der Waals surface area contributed by atoms with E-state index >= 15 is 0 Å². The predicted octanol–water partition coefficient (Wildman–Crippen LogP) is 3.22. The van der Waals surface area contributed by atoms with E-state index in [1.807, 2.05) is 0 Å². The number of anilines is 1. The number of benzene rings is 2. The number of nitrogens with one attached hydrogen (secondary N) is 1. The average Bonchev–Trinajstić information content (AvgIpc) is 3.78. The number of tetrazole rings is 1. The van der Waals surface area contributed by atoms with E-state index in [1.54, 1.807) is 37.3 Å². The molecular weight excluding hydrogens is 547 g/mol. The number of aromatic nitrogens is 4. The summed E-state index contributed by atoms with van der Waals surface area (Å²) in [5.74, 6) is 0.809. The summed E-state index contributed by atoms with van der Waals surface area (Å²) < 4.78 is 36.6. The number of nitrogens with zero attached hydrogens (tertiary/aromatic N) is 5. The van der Waals surface area contributed by atoms with Crippen molar-refractivity contribution in [2.75, 3.05) is 31.3 Å². The van der Waals surface area contributed by atoms with Gasteiger partial charge in [0.1, 0.15) is 37.4 Å². The van der Waals surface area contributed by atoms with Crippen molar-refractivity contribution in [1.82, 2.24) is 25.5 Å². The zero-order valence-corrected chi connectivity index (χ0v) is 22.9. The molecule has 4 heterocycles. The molecule has 2 atom stereocenters. The summed E-state index contributed by atoms with van der Waals surface area (Å²) in [5.41, 5.74) is 0.774. The van der Waals surface area contributed by atoms with Crippen LogP contribution in [0, 0.1) is 12.7 Å². The van der Waals surface area contributed by atoms with E-state index < -0.39 is 23.7 Å². The largest absolute Gasteiger partial charge is 0.486 e. The summed E-state index contributed by atoms with van der Waals surface area (Å²) in [5, 5.41) is 15.3. The number of aryl methyl sites for hydroxylation is 1. The van der Waals surface area contributed by atoms with E-state index in [0.29, 0.717) is 54.1 Å². The molecule has 218 valence electrons. The molecular formula is C29H29FN6O6. The third-order valence-corrected chi connectivity index (χ3v) is 6.98. The molecule has 0 aliphatic carbocycles. The summed E-state index contributed by atoms with van der Waals surface area (Å²) in [6.07, 6.45) is 1.61. The Kier molecular flexibility index (Phi) is 7.82. The lowest BCUT2D eigenvalue weighted by Crippen LogP contribution is -2.46. The molecule has 0 bridgehead atoms. The van der Waals surface area contributed by atoms with Crippen molar-refractivity contribution in [3.05, 3.63) is 71.7 Å². The molecule has 0 unspecified atom stereocenters. The maximum atomic E-state index is 14.1. The fraction of sp³-hybridized carbons (Fsp3) is 0.345. The highest BCUT2D eigenvalue weighted by Crippen LogP contribution is 2.37. The summed E-state index contributed by atoms with van der Waals surface area (Å²) in [4.78, 5) is 30.4. The Labute approximate surface area is 240 Å². The molecule has 13 heteroatoms. The van der Waals surface area contributed by atoms with E-state index in [1.165, 1.54) is 29.2 Å². The SMILES string of the molecule is Cc1ccc(-c2nnn(CC(=O)N(c3ccc4c(c3)OCCO4)[C@H](C(=O)NC[C@@H]3CCCO3)c3ccc(F)cc3)n2)o1. The maximum absolute atomic E-state index is 14.1. The Morgan fingerprint density at radius 1 is 1.07 bits per heavy atom. The first-order valence-electron chi connectivity index (χ1n) is 13.7. The summed E-state index contributed by atoms with van der Waals surface area (Å²) in [7, 11) is 0. The number of amides is 2. The zero-order valence-electron chi connectivity index (χ0n) is 22.9. The lowest BCUT2D eigenvalue weighted by molar-refractivity contribution is -0.127. The van der Waals surface area contributed by atoms with Gasteiger partial charge in [0, 0.05) is 24.9 Å². The number of hydrogen-bond donors (Lipinski definition) is 1. The van der Waals surface area contributed by atoms with E-state index in [2.05, 4.69) is 20.7 Å². The average molecular weight is 577 g/mol. The quantitative estimate of drug-likeness (QED) is 0.319.